The van der Waals surface area contributed by atoms with Crippen LogP contribution in [0.15, 0.2) is 12.1 Å². The van der Waals surface area contributed by atoms with E-state index in [2.05, 4.69) is 59.0 Å². The molecule has 1 aromatic carbocycles. The molecule has 1 nitrogen and oxygen atoms in total. The number of rotatable bonds is 8. The molecule has 1 aromatic rings. The normalized spacial score (nSPS) is 14.3. The Bertz CT molecular complexity index is 385. The topological polar surface area (TPSA) is 12.0 Å². The average molecular weight is 275 g/mol. The summed E-state index contributed by atoms with van der Waals surface area (Å²) in [5.74, 6) is 0.742. The predicted molar refractivity (Wildman–Crippen MR) is 90.5 cm³/mol. The van der Waals surface area contributed by atoms with E-state index in [0.29, 0.717) is 6.04 Å². The van der Waals surface area contributed by atoms with Crippen LogP contribution in [0.1, 0.15) is 62.3 Å². The van der Waals surface area contributed by atoms with Crippen molar-refractivity contribution >= 4 is 0 Å². The lowest BCUT2D eigenvalue weighted by atomic mass is 9.87. The van der Waals surface area contributed by atoms with Crippen molar-refractivity contribution in [3.05, 3.63) is 34.4 Å². The summed E-state index contributed by atoms with van der Waals surface area (Å²) in [6.07, 6.45) is 4.96. The molecule has 0 saturated carbocycles. The summed E-state index contributed by atoms with van der Waals surface area (Å²) in [5.41, 5.74) is 5.83. The minimum absolute atomic E-state index is 0.606. The highest BCUT2D eigenvalue weighted by atomic mass is 14.9. The molecule has 0 amide bonds. The van der Waals surface area contributed by atoms with Crippen LogP contribution in [-0.4, -0.2) is 12.6 Å². The molecule has 114 valence electrons. The Morgan fingerprint density at radius 1 is 1.00 bits per heavy atom. The first kappa shape index (κ1) is 17.2. The maximum Gasteiger partial charge on any atom is 0.0133 e. The Balaban J connectivity index is 2.88. The lowest BCUT2D eigenvalue weighted by molar-refractivity contribution is 0.352. The molecule has 0 aliphatic heterocycles. The second-order valence-electron chi connectivity index (χ2n) is 6.41. The van der Waals surface area contributed by atoms with E-state index in [1.807, 2.05) is 0 Å². The van der Waals surface area contributed by atoms with Gasteiger partial charge < -0.3 is 5.32 Å². The summed E-state index contributed by atoms with van der Waals surface area (Å²) in [6, 6.07) is 5.25. The zero-order chi connectivity index (χ0) is 15.1. The van der Waals surface area contributed by atoms with Crippen LogP contribution in [0.4, 0.5) is 0 Å². The van der Waals surface area contributed by atoms with Crippen LogP contribution in [0.5, 0.6) is 0 Å². The molecule has 0 spiro atoms. The van der Waals surface area contributed by atoms with Crippen molar-refractivity contribution < 1.29 is 0 Å². The molecule has 0 aliphatic rings. The molecule has 0 aromatic heterocycles. The molecule has 0 bridgehead atoms. The third-order valence-corrected chi connectivity index (χ3v) is 4.35. The highest BCUT2D eigenvalue weighted by molar-refractivity contribution is 5.38. The van der Waals surface area contributed by atoms with Crippen molar-refractivity contribution in [2.24, 2.45) is 5.92 Å². The van der Waals surface area contributed by atoms with Crippen LogP contribution in [0.2, 0.25) is 0 Å². The molecule has 1 N–H and O–H groups in total. The summed E-state index contributed by atoms with van der Waals surface area (Å²) < 4.78 is 0. The second kappa shape index (κ2) is 8.46. The van der Waals surface area contributed by atoms with Gasteiger partial charge in [0, 0.05) is 6.04 Å². The highest BCUT2D eigenvalue weighted by Gasteiger charge is 2.18. The van der Waals surface area contributed by atoms with Crippen molar-refractivity contribution in [1.82, 2.24) is 5.32 Å². The molecule has 2 unspecified atom stereocenters. The largest absolute Gasteiger partial charge is 0.313 e. The number of aryl methyl sites for hydroxylation is 3. The zero-order valence-electron chi connectivity index (χ0n) is 14.3. The maximum absolute atomic E-state index is 3.77. The lowest BCUT2D eigenvalue weighted by Gasteiger charge is -2.27. The van der Waals surface area contributed by atoms with Crippen LogP contribution in [-0.2, 0) is 6.42 Å². The van der Waals surface area contributed by atoms with E-state index in [-0.39, 0.29) is 0 Å². The van der Waals surface area contributed by atoms with Gasteiger partial charge in [0.25, 0.3) is 0 Å². The Hall–Kier alpha value is -0.820. The van der Waals surface area contributed by atoms with E-state index in [0.717, 1.165) is 12.5 Å². The molecule has 1 rings (SSSR count). The minimum Gasteiger partial charge on any atom is -0.313 e. The van der Waals surface area contributed by atoms with E-state index in [1.54, 1.807) is 5.56 Å². The van der Waals surface area contributed by atoms with Crippen molar-refractivity contribution in [3.63, 3.8) is 0 Å². The van der Waals surface area contributed by atoms with Crippen LogP contribution in [0.3, 0.4) is 0 Å². The Labute approximate surface area is 126 Å². The van der Waals surface area contributed by atoms with Crippen LogP contribution in [0, 0.1) is 26.7 Å². The Morgan fingerprint density at radius 2 is 1.60 bits per heavy atom. The van der Waals surface area contributed by atoms with Gasteiger partial charge in [-0.25, -0.2) is 0 Å². The van der Waals surface area contributed by atoms with Crippen LogP contribution in [0.25, 0.3) is 0 Å². The van der Waals surface area contributed by atoms with E-state index in [9.17, 15) is 0 Å². The van der Waals surface area contributed by atoms with Gasteiger partial charge in [-0.05, 0) is 69.2 Å². The number of hydrogen-bond acceptors (Lipinski definition) is 1. The third kappa shape index (κ3) is 4.94. The third-order valence-electron chi connectivity index (χ3n) is 4.35. The van der Waals surface area contributed by atoms with Gasteiger partial charge in [0.05, 0.1) is 0 Å². The van der Waals surface area contributed by atoms with E-state index >= 15 is 0 Å². The average Bonchev–Trinajstić information content (AvgIpc) is 2.37. The summed E-state index contributed by atoms with van der Waals surface area (Å²) in [4.78, 5) is 0. The number of benzene rings is 1. The maximum atomic E-state index is 3.77. The van der Waals surface area contributed by atoms with Crippen molar-refractivity contribution in [3.8, 4) is 0 Å². The van der Waals surface area contributed by atoms with E-state index in [4.69, 9.17) is 0 Å². The first-order valence-corrected chi connectivity index (χ1v) is 8.29. The summed E-state index contributed by atoms with van der Waals surface area (Å²) in [5, 5.41) is 3.77. The van der Waals surface area contributed by atoms with Crippen LogP contribution < -0.4 is 5.32 Å². The predicted octanol–water partition coefficient (Wildman–Crippen LogP) is 4.96. The van der Waals surface area contributed by atoms with Gasteiger partial charge in [0.2, 0.25) is 0 Å². The summed E-state index contributed by atoms with van der Waals surface area (Å²) >= 11 is 0. The Kier molecular flexibility index (Phi) is 7.29. The van der Waals surface area contributed by atoms with Gasteiger partial charge in [0.15, 0.2) is 0 Å². The molecule has 0 aliphatic carbocycles. The van der Waals surface area contributed by atoms with E-state index < -0.39 is 0 Å². The molecule has 0 heterocycles. The molecule has 0 fully saturated rings. The number of nitrogens with one attached hydrogen (secondary N) is 1. The van der Waals surface area contributed by atoms with Gasteiger partial charge in [-0.2, -0.15) is 0 Å². The van der Waals surface area contributed by atoms with Gasteiger partial charge in [-0.3, -0.25) is 0 Å². The molecule has 2 atom stereocenters. The fourth-order valence-corrected chi connectivity index (χ4v) is 3.21. The van der Waals surface area contributed by atoms with Gasteiger partial charge >= 0.3 is 0 Å². The monoisotopic (exact) mass is 275 g/mol. The minimum atomic E-state index is 0.606. The fraction of sp³-hybridized carbons (Fsp3) is 0.684. The van der Waals surface area contributed by atoms with Crippen LogP contribution >= 0.6 is 0 Å². The smallest absolute Gasteiger partial charge is 0.0133 e. The zero-order valence-corrected chi connectivity index (χ0v) is 14.3. The van der Waals surface area contributed by atoms with Gasteiger partial charge in [-0.15, -0.1) is 0 Å². The van der Waals surface area contributed by atoms with Crippen molar-refractivity contribution in [2.75, 3.05) is 6.54 Å². The summed E-state index contributed by atoms with van der Waals surface area (Å²) in [7, 11) is 0. The van der Waals surface area contributed by atoms with E-state index in [1.165, 1.54) is 42.4 Å². The SMILES string of the molecule is CCCNC(Cc1c(C)cc(C)cc1C)C(C)CCC. The standard InChI is InChI=1S/C19H33N/c1-7-9-15(4)19(20-10-8-2)13-18-16(5)11-14(3)12-17(18)6/h11-12,15,19-20H,7-10,13H2,1-6H3. The second-order valence-corrected chi connectivity index (χ2v) is 6.41. The Morgan fingerprint density at radius 3 is 2.10 bits per heavy atom. The molecular formula is C19H33N. The first-order chi connectivity index (χ1) is 9.49. The summed E-state index contributed by atoms with van der Waals surface area (Å²) in [6.45, 7) is 14.8. The number of hydrogen-bond donors (Lipinski definition) is 1. The molecule has 1 heteroatoms. The van der Waals surface area contributed by atoms with Gasteiger partial charge in [-0.1, -0.05) is 44.9 Å². The molecule has 0 saturated heterocycles. The van der Waals surface area contributed by atoms with Crippen molar-refractivity contribution in [2.45, 2.75) is 73.3 Å². The fourth-order valence-electron chi connectivity index (χ4n) is 3.21. The quantitative estimate of drug-likeness (QED) is 0.707. The first-order valence-electron chi connectivity index (χ1n) is 8.29. The highest BCUT2D eigenvalue weighted by Crippen LogP contribution is 2.22. The molecule has 0 radical (unpaired) electrons. The molecule has 20 heavy (non-hydrogen) atoms. The lowest BCUT2D eigenvalue weighted by Crippen LogP contribution is -2.37. The molecular weight excluding hydrogens is 242 g/mol. The van der Waals surface area contributed by atoms with Crippen molar-refractivity contribution in [1.29, 1.82) is 0 Å². The van der Waals surface area contributed by atoms with Gasteiger partial charge in [0.1, 0.15) is 0 Å².